The summed E-state index contributed by atoms with van der Waals surface area (Å²) in [6, 6.07) is 0.399. The molecule has 66 valence electrons. The minimum absolute atomic E-state index is 0.324. The maximum absolute atomic E-state index is 9.61. The fraction of sp³-hybridized carbons (Fsp3) is 0.667. The molecule has 1 fully saturated rings. The van der Waals surface area contributed by atoms with Crippen LogP contribution < -0.4 is 5.32 Å². The van der Waals surface area contributed by atoms with E-state index in [1.165, 1.54) is 12.8 Å². The second kappa shape index (κ2) is 3.05. The van der Waals surface area contributed by atoms with E-state index in [0.29, 0.717) is 22.7 Å². The first-order valence-electron chi connectivity index (χ1n) is 4.48. The Morgan fingerprint density at radius 2 is 2.17 bits per heavy atom. The van der Waals surface area contributed by atoms with E-state index in [9.17, 15) is 5.11 Å². The van der Waals surface area contributed by atoms with Gasteiger partial charge in [-0.1, -0.05) is 25.1 Å². The average Bonchev–Trinajstić information content (AvgIpc) is 2.04. The van der Waals surface area contributed by atoms with Crippen molar-refractivity contribution in [1.82, 2.24) is 5.32 Å². The molecular weight excluding hydrogens is 170 g/mol. The van der Waals surface area contributed by atoms with Crippen LogP contribution >= 0.6 is 12.2 Å². The van der Waals surface area contributed by atoms with Crippen LogP contribution in [0.1, 0.15) is 25.7 Å². The van der Waals surface area contributed by atoms with Gasteiger partial charge in [0.05, 0.1) is 0 Å². The standard InChI is InChI=1S/C9H13NOS/c11-8-5-9(12)10-7-4-2-1-3-6(7)8/h5-7,11H,1-4H2,(H,10,12)/t6-,7+/m0/s1. The zero-order valence-electron chi connectivity index (χ0n) is 6.92. The lowest BCUT2D eigenvalue weighted by Crippen LogP contribution is -2.45. The van der Waals surface area contributed by atoms with Gasteiger partial charge in [-0.15, -0.1) is 0 Å². The smallest absolute Gasteiger partial charge is 0.102 e. The van der Waals surface area contributed by atoms with Crippen LogP contribution in [-0.2, 0) is 0 Å². The number of nitrogens with one attached hydrogen (secondary N) is 1. The van der Waals surface area contributed by atoms with Crippen molar-refractivity contribution in [2.45, 2.75) is 31.7 Å². The van der Waals surface area contributed by atoms with Gasteiger partial charge < -0.3 is 10.4 Å². The molecule has 1 heterocycles. The maximum Gasteiger partial charge on any atom is 0.102 e. The molecule has 0 unspecified atom stereocenters. The van der Waals surface area contributed by atoms with E-state index in [1.54, 1.807) is 6.08 Å². The molecule has 1 saturated carbocycles. The lowest BCUT2D eigenvalue weighted by atomic mass is 9.81. The summed E-state index contributed by atoms with van der Waals surface area (Å²) >= 11 is 5.00. The van der Waals surface area contributed by atoms with Crippen LogP contribution in [0, 0.1) is 5.92 Å². The van der Waals surface area contributed by atoms with E-state index in [2.05, 4.69) is 5.32 Å². The first-order chi connectivity index (χ1) is 5.77. The summed E-state index contributed by atoms with van der Waals surface area (Å²) < 4.78 is 0. The molecule has 1 aliphatic heterocycles. The topological polar surface area (TPSA) is 32.3 Å². The first kappa shape index (κ1) is 8.05. The summed E-state index contributed by atoms with van der Waals surface area (Å²) in [5.74, 6) is 0.814. The van der Waals surface area contributed by atoms with Crippen LogP contribution in [0.15, 0.2) is 11.8 Å². The Hall–Kier alpha value is -0.570. The van der Waals surface area contributed by atoms with Gasteiger partial charge in [-0.25, -0.2) is 0 Å². The van der Waals surface area contributed by atoms with Crippen LogP contribution in [0.2, 0.25) is 0 Å². The molecule has 2 aliphatic rings. The summed E-state index contributed by atoms with van der Waals surface area (Å²) in [6.45, 7) is 0. The van der Waals surface area contributed by atoms with Crippen molar-refractivity contribution in [3.8, 4) is 0 Å². The van der Waals surface area contributed by atoms with E-state index < -0.39 is 0 Å². The molecule has 0 amide bonds. The quantitative estimate of drug-likeness (QED) is 0.563. The van der Waals surface area contributed by atoms with Gasteiger partial charge in [-0.05, 0) is 12.8 Å². The van der Waals surface area contributed by atoms with Gasteiger partial charge in [0.2, 0.25) is 0 Å². The van der Waals surface area contributed by atoms with Gasteiger partial charge in [0, 0.05) is 18.0 Å². The molecule has 0 spiro atoms. The summed E-state index contributed by atoms with van der Waals surface area (Å²) in [7, 11) is 0. The molecule has 0 aromatic carbocycles. The minimum atomic E-state index is 0.324. The lowest BCUT2D eigenvalue weighted by molar-refractivity contribution is 0.231. The summed E-state index contributed by atoms with van der Waals surface area (Å²) in [5.41, 5.74) is 0. The van der Waals surface area contributed by atoms with Crippen molar-refractivity contribution >= 4 is 17.2 Å². The minimum Gasteiger partial charge on any atom is -0.512 e. The highest BCUT2D eigenvalue weighted by molar-refractivity contribution is 7.80. The first-order valence-corrected chi connectivity index (χ1v) is 4.89. The molecule has 0 bridgehead atoms. The average molecular weight is 183 g/mol. The number of rotatable bonds is 0. The van der Waals surface area contributed by atoms with Gasteiger partial charge in [0.25, 0.3) is 0 Å². The number of aliphatic hydroxyl groups excluding tert-OH is 1. The van der Waals surface area contributed by atoms with E-state index in [1.807, 2.05) is 0 Å². The SMILES string of the molecule is OC1=CC(=S)N[C@@H]2CCCC[C@H]12. The molecule has 2 rings (SSSR count). The third-order valence-corrected chi connectivity index (χ3v) is 2.99. The molecule has 2 atom stereocenters. The summed E-state index contributed by atoms with van der Waals surface area (Å²) in [4.78, 5) is 0.690. The zero-order chi connectivity index (χ0) is 8.55. The van der Waals surface area contributed by atoms with Crippen LogP contribution in [0.4, 0.5) is 0 Å². The van der Waals surface area contributed by atoms with Crippen LogP contribution in [-0.4, -0.2) is 16.1 Å². The summed E-state index contributed by atoms with van der Waals surface area (Å²) in [6.07, 6.45) is 6.41. The van der Waals surface area contributed by atoms with Gasteiger partial charge >= 0.3 is 0 Å². The van der Waals surface area contributed by atoms with E-state index in [0.717, 1.165) is 12.8 Å². The Labute approximate surface area is 77.7 Å². The Balaban J connectivity index is 2.19. The maximum atomic E-state index is 9.61. The van der Waals surface area contributed by atoms with Crippen molar-refractivity contribution in [2.75, 3.05) is 0 Å². The number of thiocarbonyl (C=S) groups is 1. The van der Waals surface area contributed by atoms with Crippen LogP contribution in [0.3, 0.4) is 0 Å². The molecule has 12 heavy (non-hydrogen) atoms. The highest BCUT2D eigenvalue weighted by atomic mass is 32.1. The van der Waals surface area contributed by atoms with Gasteiger partial charge in [0.1, 0.15) is 10.7 Å². The number of hydrogen-bond acceptors (Lipinski definition) is 2. The number of hydrogen-bond donors (Lipinski definition) is 2. The van der Waals surface area contributed by atoms with Crippen molar-refractivity contribution in [2.24, 2.45) is 5.92 Å². The normalized spacial score (nSPS) is 35.0. The molecular formula is C9H13NOS. The van der Waals surface area contributed by atoms with Crippen LogP contribution in [0.5, 0.6) is 0 Å². The van der Waals surface area contributed by atoms with Crippen molar-refractivity contribution < 1.29 is 5.11 Å². The molecule has 0 radical (unpaired) electrons. The predicted octanol–water partition coefficient (Wildman–Crippen LogP) is 1.92. The Bertz CT molecular complexity index is 237. The highest BCUT2D eigenvalue weighted by Gasteiger charge is 2.31. The summed E-state index contributed by atoms with van der Waals surface area (Å²) in [5, 5.41) is 12.9. The fourth-order valence-corrected chi connectivity index (χ4v) is 2.40. The van der Waals surface area contributed by atoms with E-state index in [-0.39, 0.29) is 0 Å². The number of aliphatic hydroxyl groups is 1. The molecule has 0 aromatic heterocycles. The second-order valence-corrected chi connectivity index (χ2v) is 4.02. The molecule has 1 aliphatic carbocycles. The highest BCUT2D eigenvalue weighted by Crippen LogP contribution is 2.31. The monoisotopic (exact) mass is 183 g/mol. The second-order valence-electron chi connectivity index (χ2n) is 3.58. The van der Waals surface area contributed by atoms with Gasteiger partial charge in [-0.3, -0.25) is 0 Å². The third-order valence-electron chi connectivity index (χ3n) is 2.75. The Kier molecular flexibility index (Phi) is 2.05. The van der Waals surface area contributed by atoms with Gasteiger partial charge in [0.15, 0.2) is 0 Å². The predicted molar refractivity (Wildman–Crippen MR) is 52.2 cm³/mol. The lowest BCUT2D eigenvalue weighted by Gasteiger charge is -2.35. The zero-order valence-corrected chi connectivity index (χ0v) is 7.73. The van der Waals surface area contributed by atoms with Crippen LogP contribution in [0.25, 0.3) is 0 Å². The molecule has 0 aromatic rings. The molecule has 2 nitrogen and oxygen atoms in total. The number of fused-ring (bicyclic) bond motifs is 1. The Morgan fingerprint density at radius 3 is 3.00 bits per heavy atom. The van der Waals surface area contributed by atoms with Gasteiger partial charge in [-0.2, -0.15) is 0 Å². The molecule has 3 heteroatoms. The van der Waals surface area contributed by atoms with Crippen molar-refractivity contribution in [3.63, 3.8) is 0 Å². The molecule has 0 saturated heterocycles. The van der Waals surface area contributed by atoms with E-state index in [4.69, 9.17) is 12.2 Å². The fourth-order valence-electron chi connectivity index (χ4n) is 2.12. The van der Waals surface area contributed by atoms with E-state index >= 15 is 0 Å². The third kappa shape index (κ3) is 1.33. The molecule has 2 N–H and O–H groups in total. The van der Waals surface area contributed by atoms with Crippen molar-refractivity contribution in [1.29, 1.82) is 0 Å². The largest absolute Gasteiger partial charge is 0.512 e. The van der Waals surface area contributed by atoms with Crippen molar-refractivity contribution in [3.05, 3.63) is 11.8 Å². The Morgan fingerprint density at radius 1 is 1.42 bits per heavy atom.